The van der Waals surface area contributed by atoms with E-state index in [4.69, 9.17) is 5.26 Å². The summed E-state index contributed by atoms with van der Waals surface area (Å²) < 4.78 is 13.5. The van der Waals surface area contributed by atoms with Gasteiger partial charge < -0.3 is 0 Å². The highest BCUT2D eigenvalue weighted by molar-refractivity contribution is 5.27. The summed E-state index contributed by atoms with van der Waals surface area (Å²) in [5, 5.41) is 8.63. The molecule has 1 fully saturated rings. The Balaban J connectivity index is 2.09. The van der Waals surface area contributed by atoms with E-state index in [0.717, 1.165) is 24.3 Å². The van der Waals surface area contributed by atoms with Crippen LogP contribution in [0.4, 0.5) is 4.39 Å². The monoisotopic (exact) mass is 232 g/mol. The summed E-state index contributed by atoms with van der Waals surface area (Å²) in [5.74, 6) is 0.776. The molecule has 0 aliphatic heterocycles. The van der Waals surface area contributed by atoms with Gasteiger partial charge in [0.05, 0.1) is 0 Å². The molecule has 1 aliphatic carbocycles. The van der Waals surface area contributed by atoms with Gasteiger partial charge in [-0.25, -0.2) is 9.37 Å². The number of halogens is 1. The van der Waals surface area contributed by atoms with Crippen molar-refractivity contribution < 1.29 is 4.39 Å². The lowest BCUT2D eigenvalue weighted by molar-refractivity contribution is 0.318. The van der Waals surface area contributed by atoms with Gasteiger partial charge >= 0.3 is 0 Å². The van der Waals surface area contributed by atoms with E-state index in [1.807, 2.05) is 0 Å². The van der Waals surface area contributed by atoms with Crippen LogP contribution >= 0.6 is 0 Å². The Morgan fingerprint density at radius 2 is 2.12 bits per heavy atom. The third kappa shape index (κ3) is 2.63. The molecule has 0 atom stereocenters. The minimum Gasteiger partial charge on any atom is -0.242 e. The Bertz CT molecular complexity index is 428. The first-order valence-corrected chi connectivity index (χ1v) is 6.30. The SMILES string of the molecule is CCC1CCC(c2cnc(C#N)c(F)c2)CC1. The zero-order valence-electron chi connectivity index (χ0n) is 10.1. The van der Waals surface area contributed by atoms with E-state index in [0.29, 0.717) is 5.92 Å². The summed E-state index contributed by atoms with van der Waals surface area (Å²) in [6, 6.07) is 3.24. The van der Waals surface area contributed by atoms with Crippen molar-refractivity contribution in [2.24, 2.45) is 5.92 Å². The van der Waals surface area contributed by atoms with Crippen LogP contribution in [0.1, 0.15) is 56.2 Å². The number of nitriles is 1. The topological polar surface area (TPSA) is 36.7 Å². The average molecular weight is 232 g/mol. The van der Waals surface area contributed by atoms with Gasteiger partial charge in [0.2, 0.25) is 0 Å². The van der Waals surface area contributed by atoms with Gasteiger partial charge in [0, 0.05) is 6.20 Å². The van der Waals surface area contributed by atoms with Crippen LogP contribution in [0.5, 0.6) is 0 Å². The second kappa shape index (κ2) is 5.27. The van der Waals surface area contributed by atoms with Crippen molar-refractivity contribution in [3.63, 3.8) is 0 Å². The molecule has 17 heavy (non-hydrogen) atoms. The number of nitrogens with zero attached hydrogens (tertiary/aromatic N) is 2. The largest absolute Gasteiger partial charge is 0.242 e. The van der Waals surface area contributed by atoms with Crippen LogP contribution in [0.15, 0.2) is 12.3 Å². The third-order valence-corrected chi connectivity index (χ3v) is 3.86. The Kier molecular flexibility index (Phi) is 3.73. The molecule has 0 amide bonds. The highest BCUT2D eigenvalue weighted by Crippen LogP contribution is 2.36. The van der Waals surface area contributed by atoms with Crippen LogP contribution < -0.4 is 0 Å². The summed E-state index contributed by atoms with van der Waals surface area (Å²) >= 11 is 0. The average Bonchev–Trinajstić information content (AvgIpc) is 2.39. The predicted octanol–water partition coefficient (Wildman–Crippen LogP) is 3.78. The van der Waals surface area contributed by atoms with Crippen molar-refractivity contribution in [3.8, 4) is 6.07 Å². The first-order chi connectivity index (χ1) is 8.24. The molecule has 90 valence electrons. The highest BCUT2D eigenvalue weighted by atomic mass is 19.1. The van der Waals surface area contributed by atoms with Crippen molar-refractivity contribution in [3.05, 3.63) is 29.3 Å². The predicted molar refractivity (Wildman–Crippen MR) is 63.9 cm³/mol. The minimum absolute atomic E-state index is 0.101. The van der Waals surface area contributed by atoms with Gasteiger partial charge in [0.25, 0.3) is 0 Å². The Morgan fingerprint density at radius 3 is 2.65 bits per heavy atom. The summed E-state index contributed by atoms with van der Waals surface area (Å²) in [4.78, 5) is 3.87. The van der Waals surface area contributed by atoms with E-state index in [2.05, 4.69) is 11.9 Å². The molecule has 2 rings (SSSR count). The maximum atomic E-state index is 13.5. The van der Waals surface area contributed by atoms with Gasteiger partial charge in [-0.1, -0.05) is 13.3 Å². The molecule has 1 aliphatic rings. The fourth-order valence-corrected chi connectivity index (χ4v) is 2.66. The van der Waals surface area contributed by atoms with Gasteiger partial charge in [-0.05, 0) is 49.1 Å². The van der Waals surface area contributed by atoms with Crippen LogP contribution in [0.2, 0.25) is 0 Å². The molecule has 0 bridgehead atoms. The second-order valence-electron chi connectivity index (χ2n) is 4.84. The van der Waals surface area contributed by atoms with Crippen molar-refractivity contribution >= 4 is 0 Å². The lowest BCUT2D eigenvalue weighted by Gasteiger charge is -2.27. The molecule has 2 nitrogen and oxygen atoms in total. The molecule has 1 saturated carbocycles. The quantitative estimate of drug-likeness (QED) is 0.778. The Labute approximate surface area is 101 Å². The fourth-order valence-electron chi connectivity index (χ4n) is 2.66. The summed E-state index contributed by atoms with van der Waals surface area (Å²) in [6.45, 7) is 2.23. The van der Waals surface area contributed by atoms with E-state index in [9.17, 15) is 4.39 Å². The van der Waals surface area contributed by atoms with Crippen LogP contribution in [0.3, 0.4) is 0 Å². The molecule has 1 heterocycles. The van der Waals surface area contributed by atoms with Crippen LogP contribution in [-0.2, 0) is 0 Å². The lowest BCUT2D eigenvalue weighted by Crippen LogP contribution is -2.13. The number of aromatic nitrogens is 1. The first kappa shape index (κ1) is 12.0. The molecule has 1 aromatic rings. The van der Waals surface area contributed by atoms with Gasteiger partial charge in [-0.3, -0.25) is 0 Å². The van der Waals surface area contributed by atoms with Gasteiger partial charge in [0.1, 0.15) is 6.07 Å². The van der Waals surface area contributed by atoms with E-state index < -0.39 is 5.82 Å². The Morgan fingerprint density at radius 1 is 1.41 bits per heavy atom. The molecule has 0 spiro atoms. The molecule has 0 saturated heterocycles. The van der Waals surface area contributed by atoms with Gasteiger partial charge in [0.15, 0.2) is 11.5 Å². The van der Waals surface area contributed by atoms with Crippen LogP contribution in [0.25, 0.3) is 0 Å². The second-order valence-corrected chi connectivity index (χ2v) is 4.84. The Hall–Kier alpha value is -1.43. The molecular weight excluding hydrogens is 215 g/mol. The summed E-state index contributed by atoms with van der Waals surface area (Å²) in [5.41, 5.74) is 0.854. The van der Waals surface area contributed by atoms with Crippen molar-refractivity contribution in [1.29, 1.82) is 5.26 Å². The highest BCUT2D eigenvalue weighted by Gasteiger charge is 2.22. The van der Waals surface area contributed by atoms with E-state index in [1.165, 1.54) is 25.3 Å². The smallest absolute Gasteiger partial charge is 0.176 e. The molecule has 1 aromatic heterocycles. The molecule has 0 N–H and O–H groups in total. The zero-order chi connectivity index (χ0) is 12.3. The molecule has 0 radical (unpaired) electrons. The number of hydrogen-bond donors (Lipinski definition) is 0. The van der Waals surface area contributed by atoms with Crippen molar-refractivity contribution in [2.75, 3.05) is 0 Å². The van der Waals surface area contributed by atoms with E-state index in [-0.39, 0.29) is 5.69 Å². The van der Waals surface area contributed by atoms with Crippen molar-refractivity contribution in [2.45, 2.75) is 44.9 Å². The van der Waals surface area contributed by atoms with Crippen LogP contribution in [-0.4, -0.2) is 4.98 Å². The van der Waals surface area contributed by atoms with Crippen molar-refractivity contribution in [1.82, 2.24) is 4.98 Å². The normalized spacial score (nSPS) is 24.3. The fraction of sp³-hybridized carbons (Fsp3) is 0.571. The maximum Gasteiger partial charge on any atom is 0.176 e. The molecule has 3 heteroatoms. The molecule has 0 unspecified atom stereocenters. The van der Waals surface area contributed by atoms with Gasteiger partial charge in [-0.15, -0.1) is 0 Å². The van der Waals surface area contributed by atoms with E-state index >= 15 is 0 Å². The third-order valence-electron chi connectivity index (χ3n) is 3.86. The first-order valence-electron chi connectivity index (χ1n) is 6.30. The van der Waals surface area contributed by atoms with Gasteiger partial charge in [-0.2, -0.15) is 5.26 Å². The standard InChI is InChI=1S/C14H17FN2/c1-2-10-3-5-11(6-4-10)12-7-13(15)14(8-16)17-9-12/h7,9-11H,2-6H2,1H3. The number of hydrogen-bond acceptors (Lipinski definition) is 2. The van der Waals surface area contributed by atoms with Crippen LogP contribution in [0, 0.1) is 23.1 Å². The number of rotatable bonds is 2. The lowest BCUT2D eigenvalue weighted by atomic mass is 9.78. The molecular formula is C14H17FN2. The zero-order valence-corrected chi connectivity index (χ0v) is 10.1. The summed E-state index contributed by atoms with van der Waals surface area (Å²) in [7, 11) is 0. The minimum atomic E-state index is -0.484. The maximum absolute atomic E-state index is 13.5. The molecule has 0 aromatic carbocycles. The summed E-state index contributed by atoms with van der Waals surface area (Å²) in [6.07, 6.45) is 7.59. The van der Waals surface area contributed by atoms with E-state index in [1.54, 1.807) is 12.3 Å². The number of pyridine rings is 1.